The summed E-state index contributed by atoms with van der Waals surface area (Å²) in [5, 5.41) is 0. The number of rotatable bonds is 1. The molecule has 0 aliphatic heterocycles. The molecule has 0 fully saturated rings. The minimum atomic E-state index is 0.347. The molecule has 2 rings (SSSR count). The van der Waals surface area contributed by atoms with E-state index >= 15 is 0 Å². The Morgan fingerprint density at radius 3 is 2.76 bits per heavy atom. The van der Waals surface area contributed by atoms with Gasteiger partial charge in [-0.05, 0) is 29.1 Å². The molecule has 90 valence electrons. The Kier molecular flexibility index (Phi) is 3.37. The average Bonchev–Trinajstić information content (AvgIpc) is 2.40. The third-order valence-electron chi connectivity index (χ3n) is 3.49. The summed E-state index contributed by atoms with van der Waals surface area (Å²) < 4.78 is 0. The topological polar surface area (TPSA) is 26.0 Å². The fourth-order valence-corrected chi connectivity index (χ4v) is 2.26. The van der Waals surface area contributed by atoms with Crippen molar-refractivity contribution in [3.63, 3.8) is 0 Å². The van der Waals surface area contributed by atoms with E-state index in [0.717, 1.165) is 24.1 Å². The van der Waals surface area contributed by atoms with Crippen molar-refractivity contribution in [3.05, 3.63) is 59.4 Å². The van der Waals surface area contributed by atoms with Crippen LogP contribution in [-0.4, -0.2) is 0 Å². The summed E-state index contributed by atoms with van der Waals surface area (Å²) >= 11 is 0. The van der Waals surface area contributed by atoms with Crippen LogP contribution in [0.3, 0.4) is 0 Å². The Hall–Kier alpha value is -1.50. The van der Waals surface area contributed by atoms with Crippen LogP contribution in [0.25, 0.3) is 0 Å². The van der Waals surface area contributed by atoms with Crippen LogP contribution in [0.5, 0.6) is 0 Å². The maximum atomic E-state index is 6.04. The summed E-state index contributed by atoms with van der Waals surface area (Å²) in [5.41, 5.74) is 10.8. The maximum Gasteiger partial charge on any atom is 0.0124 e. The van der Waals surface area contributed by atoms with E-state index in [1.807, 2.05) is 0 Å². The van der Waals surface area contributed by atoms with Crippen molar-refractivity contribution < 1.29 is 0 Å². The first-order valence-corrected chi connectivity index (χ1v) is 6.30. The van der Waals surface area contributed by atoms with Crippen LogP contribution in [0.1, 0.15) is 26.7 Å². The predicted molar refractivity (Wildman–Crippen MR) is 74.3 cm³/mol. The molecule has 0 aromatic rings. The molecular weight excluding hydrogens is 206 g/mol. The number of allylic oxidation sites excluding steroid dienone is 8. The second kappa shape index (κ2) is 4.79. The van der Waals surface area contributed by atoms with Gasteiger partial charge in [0, 0.05) is 18.0 Å². The van der Waals surface area contributed by atoms with E-state index in [1.165, 1.54) is 11.1 Å². The highest BCUT2D eigenvalue weighted by Crippen LogP contribution is 2.30. The number of hydrogen-bond donors (Lipinski definition) is 1. The lowest BCUT2D eigenvalue weighted by Gasteiger charge is -2.14. The summed E-state index contributed by atoms with van der Waals surface area (Å²) in [4.78, 5) is 0. The summed E-state index contributed by atoms with van der Waals surface area (Å²) in [5.74, 6) is 1.000. The average molecular weight is 227 g/mol. The molecule has 0 heterocycles. The largest absolute Gasteiger partial charge is 0.402 e. The smallest absolute Gasteiger partial charge is 0.0124 e. The molecular formula is C16H21N. The van der Waals surface area contributed by atoms with Gasteiger partial charge in [-0.1, -0.05) is 50.8 Å². The van der Waals surface area contributed by atoms with Gasteiger partial charge in [0.15, 0.2) is 0 Å². The van der Waals surface area contributed by atoms with Crippen LogP contribution < -0.4 is 5.73 Å². The SMILES string of the molecule is C=C1C=C(C2=CCC(C)C=C2)CC(N)=CC1C. The second-order valence-electron chi connectivity index (χ2n) is 5.18. The standard InChI is InChI=1S/C16H21N/c1-11-4-6-14(7-5-11)15-8-12(2)13(3)9-16(17)10-15/h4,6-9,11,13H,2,5,10,17H2,1,3H3. The highest BCUT2D eigenvalue weighted by molar-refractivity contribution is 5.48. The lowest BCUT2D eigenvalue weighted by Crippen LogP contribution is -2.02. The Bertz CT molecular complexity index is 446. The normalized spacial score (nSPS) is 29.3. The molecule has 2 atom stereocenters. The first-order valence-electron chi connectivity index (χ1n) is 6.30. The van der Waals surface area contributed by atoms with Gasteiger partial charge in [0.1, 0.15) is 0 Å². The first-order chi connectivity index (χ1) is 8.06. The van der Waals surface area contributed by atoms with Crippen molar-refractivity contribution >= 4 is 0 Å². The van der Waals surface area contributed by atoms with Crippen LogP contribution >= 0.6 is 0 Å². The molecule has 0 spiro atoms. The van der Waals surface area contributed by atoms with E-state index < -0.39 is 0 Å². The highest BCUT2D eigenvalue weighted by Gasteiger charge is 2.14. The zero-order valence-corrected chi connectivity index (χ0v) is 10.7. The van der Waals surface area contributed by atoms with E-state index in [0.29, 0.717) is 11.8 Å². The van der Waals surface area contributed by atoms with Gasteiger partial charge >= 0.3 is 0 Å². The summed E-state index contributed by atoms with van der Waals surface area (Å²) in [6.07, 6.45) is 13.1. The van der Waals surface area contributed by atoms with Crippen LogP contribution in [-0.2, 0) is 0 Å². The van der Waals surface area contributed by atoms with Crippen molar-refractivity contribution in [2.24, 2.45) is 17.6 Å². The Balaban J connectivity index is 2.27. The van der Waals surface area contributed by atoms with E-state index in [9.17, 15) is 0 Å². The second-order valence-corrected chi connectivity index (χ2v) is 5.18. The monoisotopic (exact) mass is 227 g/mol. The Morgan fingerprint density at radius 2 is 2.12 bits per heavy atom. The third kappa shape index (κ3) is 2.79. The van der Waals surface area contributed by atoms with Gasteiger partial charge in [-0.15, -0.1) is 0 Å². The van der Waals surface area contributed by atoms with Gasteiger partial charge in [0.05, 0.1) is 0 Å². The maximum absolute atomic E-state index is 6.04. The van der Waals surface area contributed by atoms with Crippen molar-refractivity contribution in [1.82, 2.24) is 0 Å². The van der Waals surface area contributed by atoms with E-state index in [4.69, 9.17) is 5.73 Å². The van der Waals surface area contributed by atoms with Gasteiger partial charge in [0.2, 0.25) is 0 Å². The quantitative estimate of drug-likeness (QED) is 0.723. The molecule has 2 N–H and O–H groups in total. The van der Waals surface area contributed by atoms with Crippen LogP contribution in [0.2, 0.25) is 0 Å². The molecule has 1 nitrogen and oxygen atoms in total. The number of hydrogen-bond acceptors (Lipinski definition) is 1. The van der Waals surface area contributed by atoms with Crippen molar-refractivity contribution in [2.45, 2.75) is 26.7 Å². The fraction of sp³-hybridized carbons (Fsp3) is 0.375. The molecule has 0 saturated heterocycles. The minimum Gasteiger partial charge on any atom is -0.402 e. The van der Waals surface area contributed by atoms with E-state index in [2.05, 4.69) is 50.8 Å². The number of nitrogens with two attached hydrogens (primary N) is 1. The third-order valence-corrected chi connectivity index (χ3v) is 3.49. The molecule has 0 saturated carbocycles. The minimum absolute atomic E-state index is 0.347. The lowest BCUT2D eigenvalue weighted by molar-refractivity contribution is 0.731. The zero-order valence-electron chi connectivity index (χ0n) is 10.7. The van der Waals surface area contributed by atoms with Crippen LogP contribution in [0, 0.1) is 11.8 Å². The summed E-state index contributed by atoms with van der Waals surface area (Å²) in [6, 6.07) is 0. The molecule has 17 heavy (non-hydrogen) atoms. The molecule has 0 aromatic carbocycles. The fourth-order valence-electron chi connectivity index (χ4n) is 2.26. The van der Waals surface area contributed by atoms with Gasteiger partial charge < -0.3 is 5.73 Å². The summed E-state index contributed by atoms with van der Waals surface area (Å²) in [6.45, 7) is 8.50. The summed E-state index contributed by atoms with van der Waals surface area (Å²) in [7, 11) is 0. The molecule has 0 amide bonds. The predicted octanol–water partition coefficient (Wildman–Crippen LogP) is 3.87. The van der Waals surface area contributed by atoms with Gasteiger partial charge in [0.25, 0.3) is 0 Å². The molecule has 0 aromatic heterocycles. The Morgan fingerprint density at radius 1 is 1.35 bits per heavy atom. The zero-order chi connectivity index (χ0) is 12.4. The molecule has 1 heteroatoms. The van der Waals surface area contributed by atoms with Crippen LogP contribution in [0.4, 0.5) is 0 Å². The highest BCUT2D eigenvalue weighted by atomic mass is 14.6. The van der Waals surface area contributed by atoms with Gasteiger partial charge in [-0.2, -0.15) is 0 Å². The van der Waals surface area contributed by atoms with E-state index in [-0.39, 0.29) is 0 Å². The van der Waals surface area contributed by atoms with Crippen molar-refractivity contribution in [2.75, 3.05) is 0 Å². The Labute approximate surface area is 104 Å². The van der Waals surface area contributed by atoms with Crippen molar-refractivity contribution in [1.29, 1.82) is 0 Å². The molecule has 2 aliphatic rings. The van der Waals surface area contributed by atoms with Gasteiger partial charge in [-0.3, -0.25) is 0 Å². The molecule has 0 radical (unpaired) electrons. The van der Waals surface area contributed by atoms with Crippen LogP contribution in [0.15, 0.2) is 59.4 Å². The van der Waals surface area contributed by atoms with E-state index in [1.54, 1.807) is 0 Å². The lowest BCUT2D eigenvalue weighted by atomic mass is 9.91. The first kappa shape index (κ1) is 12.0. The molecule has 2 unspecified atom stereocenters. The molecule has 2 aliphatic carbocycles. The van der Waals surface area contributed by atoms with Crippen molar-refractivity contribution in [3.8, 4) is 0 Å². The molecule has 0 bridgehead atoms. The van der Waals surface area contributed by atoms with Gasteiger partial charge in [-0.25, -0.2) is 0 Å².